The lowest BCUT2D eigenvalue weighted by molar-refractivity contribution is -0.390. The minimum Gasteiger partial charge on any atom is -0.457 e. The maximum absolute atomic E-state index is 12.9. The zero-order chi connectivity index (χ0) is 25.2. The summed E-state index contributed by atoms with van der Waals surface area (Å²) in [4.78, 5) is 33.2. The third kappa shape index (κ3) is 5.67. The number of alkyl halides is 3. The van der Waals surface area contributed by atoms with Crippen LogP contribution in [0.1, 0.15) is 11.3 Å². The summed E-state index contributed by atoms with van der Waals surface area (Å²) in [6.45, 7) is 1.04. The summed E-state index contributed by atoms with van der Waals surface area (Å²) in [5.74, 6) is -1.63. The van der Waals surface area contributed by atoms with Crippen LogP contribution in [0.3, 0.4) is 0 Å². The standard InChI is InChI=1S/C19H13BrF3N5O6/c1-10-17(20)18(28(32)33)25-26(10)9-16(29)24-12-6-13(27(30)31)8-15(7-12)34-14-4-2-3-11(5-14)19(21,22)23/h2-8H,9H2,1H3,(H,24,29). The van der Waals surface area contributed by atoms with Gasteiger partial charge in [0.05, 0.1) is 33.0 Å². The van der Waals surface area contributed by atoms with Crippen LogP contribution in [0.25, 0.3) is 0 Å². The molecule has 34 heavy (non-hydrogen) atoms. The molecule has 1 amide bonds. The molecule has 178 valence electrons. The van der Waals surface area contributed by atoms with Crippen LogP contribution in [-0.2, 0) is 17.5 Å². The van der Waals surface area contributed by atoms with Gasteiger partial charge in [-0.05, 0) is 46.0 Å². The Kier molecular flexibility index (Phi) is 6.85. The molecule has 1 aromatic heterocycles. The average Bonchev–Trinajstić information content (AvgIpc) is 3.01. The molecule has 0 saturated carbocycles. The van der Waals surface area contributed by atoms with E-state index in [0.717, 1.165) is 35.0 Å². The normalized spacial score (nSPS) is 11.2. The first-order valence-electron chi connectivity index (χ1n) is 9.17. The zero-order valence-corrected chi connectivity index (χ0v) is 18.6. The number of nitrogens with one attached hydrogen (secondary N) is 1. The topological polar surface area (TPSA) is 142 Å². The van der Waals surface area contributed by atoms with E-state index < -0.39 is 45.5 Å². The number of nitrogens with zero attached hydrogens (tertiary/aromatic N) is 4. The third-order valence-corrected chi connectivity index (χ3v) is 5.29. The smallest absolute Gasteiger partial charge is 0.416 e. The van der Waals surface area contributed by atoms with Gasteiger partial charge in [0.2, 0.25) is 5.91 Å². The Hall–Kier alpha value is -4.01. The molecular formula is C19H13BrF3N5O6. The summed E-state index contributed by atoms with van der Waals surface area (Å²) in [7, 11) is 0. The Labute approximate surface area is 196 Å². The van der Waals surface area contributed by atoms with Crippen molar-refractivity contribution in [1.82, 2.24) is 9.78 Å². The molecule has 3 rings (SSSR count). The first kappa shape index (κ1) is 24.6. The number of ether oxygens (including phenoxy) is 1. The molecule has 2 aromatic carbocycles. The van der Waals surface area contributed by atoms with Crippen molar-refractivity contribution in [2.24, 2.45) is 0 Å². The fourth-order valence-electron chi connectivity index (χ4n) is 2.81. The number of amides is 1. The van der Waals surface area contributed by atoms with Gasteiger partial charge in [0.1, 0.15) is 22.5 Å². The summed E-state index contributed by atoms with van der Waals surface area (Å²) < 4.78 is 45.3. The highest BCUT2D eigenvalue weighted by molar-refractivity contribution is 9.10. The van der Waals surface area contributed by atoms with E-state index in [-0.39, 0.29) is 21.7 Å². The van der Waals surface area contributed by atoms with E-state index in [4.69, 9.17) is 4.74 Å². The van der Waals surface area contributed by atoms with Gasteiger partial charge in [0.25, 0.3) is 5.69 Å². The number of nitro benzene ring substituents is 1. The Balaban J connectivity index is 1.84. The van der Waals surface area contributed by atoms with Crippen molar-refractivity contribution in [3.63, 3.8) is 0 Å². The minimum absolute atomic E-state index is 0.0837. The summed E-state index contributed by atoms with van der Waals surface area (Å²) in [6.07, 6.45) is -4.62. The second-order valence-corrected chi connectivity index (χ2v) is 7.58. The number of halogens is 4. The number of anilines is 1. The summed E-state index contributed by atoms with van der Waals surface area (Å²) in [5.41, 5.74) is -1.25. The Bertz CT molecular complexity index is 1290. The van der Waals surface area contributed by atoms with Crippen molar-refractivity contribution < 1.29 is 32.5 Å². The van der Waals surface area contributed by atoms with E-state index in [0.29, 0.717) is 5.69 Å². The highest BCUT2D eigenvalue weighted by Crippen LogP contribution is 2.34. The molecule has 3 aromatic rings. The number of hydrogen-bond donors (Lipinski definition) is 1. The van der Waals surface area contributed by atoms with E-state index in [1.54, 1.807) is 0 Å². The lowest BCUT2D eigenvalue weighted by atomic mass is 10.2. The molecule has 0 aliphatic rings. The number of non-ortho nitro benzene ring substituents is 1. The predicted molar refractivity (Wildman–Crippen MR) is 115 cm³/mol. The molecule has 0 aliphatic heterocycles. The van der Waals surface area contributed by atoms with Crippen molar-refractivity contribution >= 4 is 39.0 Å². The van der Waals surface area contributed by atoms with Crippen LogP contribution in [0.5, 0.6) is 11.5 Å². The predicted octanol–water partition coefficient (Wildman–Crippen LogP) is 5.22. The number of hydrogen-bond acceptors (Lipinski definition) is 7. The molecule has 11 nitrogen and oxygen atoms in total. The summed E-state index contributed by atoms with van der Waals surface area (Å²) >= 11 is 3.02. The van der Waals surface area contributed by atoms with E-state index in [9.17, 15) is 38.2 Å². The van der Waals surface area contributed by atoms with Crippen LogP contribution < -0.4 is 10.1 Å². The van der Waals surface area contributed by atoms with Crippen molar-refractivity contribution in [3.8, 4) is 11.5 Å². The SMILES string of the molecule is Cc1c(Br)c([N+](=O)[O-])nn1CC(=O)Nc1cc(Oc2cccc(C(F)(F)F)c2)cc([N+](=O)[O-])c1. The zero-order valence-electron chi connectivity index (χ0n) is 17.0. The van der Waals surface area contributed by atoms with Crippen LogP contribution in [0, 0.1) is 27.2 Å². The van der Waals surface area contributed by atoms with Gasteiger partial charge in [-0.1, -0.05) is 6.07 Å². The highest BCUT2D eigenvalue weighted by Gasteiger charge is 2.30. The molecule has 15 heteroatoms. The number of carbonyl (C=O) groups excluding carboxylic acids is 1. The lowest BCUT2D eigenvalue weighted by Gasteiger charge is -2.11. The molecular weight excluding hydrogens is 531 g/mol. The molecule has 1 heterocycles. The largest absolute Gasteiger partial charge is 0.457 e. The number of aromatic nitrogens is 2. The van der Waals surface area contributed by atoms with Crippen LogP contribution >= 0.6 is 15.9 Å². The van der Waals surface area contributed by atoms with Crippen molar-refractivity contribution in [1.29, 1.82) is 0 Å². The van der Waals surface area contributed by atoms with Crippen LogP contribution in [0.4, 0.5) is 30.4 Å². The number of nitro groups is 2. The molecule has 0 bridgehead atoms. The molecule has 0 fully saturated rings. The Morgan fingerprint density at radius 2 is 1.85 bits per heavy atom. The number of rotatable bonds is 7. The minimum atomic E-state index is -4.62. The monoisotopic (exact) mass is 543 g/mol. The quantitative estimate of drug-likeness (QED) is 0.317. The van der Waals surface area contributed by atoms with Crippen molar-refractivity contribution in [2.75, 3.05) is 5.32 Å². The van der Waals surface area contributed by atoms with Gasteiger partial charge in [0.15, 0.2) is 0 Å². The summed E-state index contributed by atoms with van der Waals surface area (Å²) in [5, 5.41) is 28.4. The summed E-state index contributed by atoms with van der Waals surface area (Å²) in [6, 6.07) is 7.09. The van der Waals surface area contributed by atoms with Crippen LogP contribution in [0.2, 0.25) is 0 Å². The van der Waals surface area contributed by atoms with Crippen LogP contribution in [-0.4, -0.2) is 25.5 Å². The van der Waals surface area contributed by atoms with Gasteiger partial charge in [-0.2, -0.15) is 17.9 Å². The molecule has 0 aliphatic carbocycles. The van der Waals surface area contributed by atoms with Gasteiger partial charge >= 0.3 is 12.0 Å². The van der Waals surface area contributed by atoms with Crippen molar-refractivity contribution in [3.05, 3.63) is 78.4 Å². The first-order chi connectivity index (χ1) is 15.8. The Morgan fingerprint density at radius 1 is 1.15 bits per heavy atom. The van der Waals surface area contributed by atoms with Gasteiger partial charge < -0.3 is 20.2 Å². The van der Waals surface area contributed by atoms with E-state index >= 15 is 0 Å². The van der Waals surface area contributed by atoms with E-state index in [1.165, 1.54) is 19.1 Å². The Morgan fingerprint density at radius 3 is 2.44 bits per heavy atom. The maximum Gasteiger partial charge on any atom is 0.416 e. The fourth-order valence-corrected chi connectivity index (χ4v) is 3.24. The number of carbonyl (C=O) groups is 1. The van der Waals surface area contributed by atoms with Gasteiger partial charge in [-0.25, -0.2) is 0 Å². The maximum atomic E-state index is 12.9. The van der Waals surface area contributed by atoms with E-state index in [2.05, 4.69) is 26.3 Å². The number of benzene rings is 2. The van der Waals surface area contributed by atoms with Gasteiger partial charge in [-0.15, -0.1) is 0 Å². The molecule has 0 unspecified atom stereocenters. The second-order valence-electron chi connectivity index (χ2n) is 6.79. The molecule has 0 spiro atoms. The van der Waals surface area contributed by atoms with Gasteiger partial charge in [-0.3, -0.25) is 14.9 Å². The molecule has 1 N–H and O–H groups in total. The third-order valence-electron chi connectivity index (χ3n) is 4.37. The van der Waals surface area contributed by atoms with Gasteiger partial charge in [0, 0.05) is 12.1 Å². The van der Waals surface area contributed by atoms with Crippen molar-refractivity contribution in [2.45, 2.75) is 19.6 Å². The van der Waals surface area contributed by atoms with E-state index in [1.807, 2.05) is 0 Å². The molecule has 0 radical (unpaired) electrons. The highest BCUT2D eigenvalue weighted by atomic mass is 79.9. The lowest BCUT2D eigenvalue weighted by Crippen LogP contribution is -2.20. The first-order valence-corrected chi connectivity index (χ1v) is 9.96. The average molecular weight is 544 g/mol. The fraction of sp³-hybridized carbons (Fsp3) is 0.158. The molecule has 0 atom stereocenters. The van der Waals surface area contributed by atoms with Crippen LogP contribution in [0.15, 0.2) is 46.9 Å². The second kappa shape index (κ2) is 9.46. The molecule has 0 saturated heterocycles.